The second-order valence-electron chi connectivity index (χ2n) is 6.07. The Bertz CT molecular complexity index is 467. The van der Waals surface area contributed by atoms with E-state index < -0.39 is 0 Å². The van der Waals surface area contributed by atoms with E-state index in [-0.39, 0.29) is 24.0 Å². The van der Waals surface area contributed by atoms with Gasteiger partial charge in [0, 0.05) is 25.4 Å². The van der Waals surface area contributed by atoms with Crippen LogP contribution in [0, 0.1) is 5.92 Å². The summed E-state index contributed by atoms with van der Waals surface area (Å²) in [6.45, 7) is 5.49. The fraction of sp³-hybridized carbons (Fsp3) is 0.611. The first kappa shape index (κ1) is 21.6. The molecule has 1 aliphatic rings. The third kappa shape index (κ3) is 8.58. The van der Waals surface area contributed by atoms with E-state index >= 15 is 0 Å². The van der Waals surface area contributed by atoms with Crippen molar-refractivity contribution < 1.29 is 4.74 Å². The lowest BCUT2D eigenvalue weighted by Crippen LogP contribution is -2.42. The van der Waals surface area contributed by atoms with E-state index in [1.807, 2.05) is 25.2 Å². The van der Waals surface area contributed by atoms with Gasteiger partial charge < -0.3 is 15.4 Å². The second-order valence-corrected chi connectivity index (χ2v) is 7.48. The molecular weight excluding hydrogens is 433 g/mol. The molecule has 24 heavy (non-hydrogen) atoms. The van der Waals surface area contributed by atoms with E-state index in [9.17, 15) is 0 Å². The minimum Gasteiger partial charge on any atom is -0.376 e. The molecule has 2 N–H and O–H groups in total. The smallest absolute Gasteiger partial charge is 0.191 e. The molecule has 1 aromatic carbocycles. The number of rotatable bonds is 8. The van der Waals surface area contributed by atoms with Crippen molar-refractivity contribution in [2.75, 3.05) is 32.5 Å². The van der Waals surface area contributed by atoms with E-state index in [1.54, 1.807) is 0 Å². The predicted octanol–water partition coefficient (Wildman–Crippen LogP) is 3.52. The first-order valence-corrected chi connectivity index (χ1v) is 9.50. The Morgan fingerprint density at radius 2 is 2.12 bits per heavy atom. The normalized spacial score (nSPS) is 18.8. The topological polar surface area (TPSA) is 45.7 Å². The SMILES string of the molecule is CN=C(NCC(C)COCc1ccccc1)NCC1CCCS1.I. The number of hydrogen-bond acceptors (Lipinski definition) is 3. The van der Waals surface area contributed by atoms with Gasteiger partial charge in [-0.05, 0) is 30.1 Å². The summed E-state index contributed by atoms with van der Waals surface area (Å²) < 4.78 is 5.79. The van der Waals surface area contributed by atoms with Crippen LogP contribution in [0.4, 0.5) is 0 Å². The number of benzene rings is 1. The summed E-state index contributed by atoms with van der Waals surface area (Å²) in [5.74, 6) is 2.64. The van der Waals surface area contributed by atoms with Crippen molar-refractivity contribution in [3.05, 3.63) is 35.9 Å². The van der Waals surface area contributed by atoms with Crippen LogP contribution in [0.1, 0.15) is 25.3 Å². The molecule has 2 atom stereocenters. The van der Waals surface area contributed by atoms with E-state index in [4.69, 9.17) is 4.74 Å². The first-order valence-electron chi connectivity index (χ1n) is 8.45. The minimum atomic E-state index is 0. The third-order valence-electron chi connectivity index (χ3n) is 3.88. The number of ether oxygens (including phenoxy) is 1. The van der Waals surface area contributed by atoms with Gasteiger partial charge in [-0.15, -0.1) is 24.0 Å². The van der Waals surface area contributed by atoms with Crippen molar-refractivity contribution in [2.45, 2.75) is 31.6 Å². The highest BCUT2D eigenvalue weighted by atomic mass is 127. The Kier molecular flexibility index (Phi) is 11.5. The molecular formula is C18H30IN3OS. The maximum atomic E-state index is 5.79. The van der Waals surface area contributed by atoms with Gasteiger partial charge in [-0.25, -0.2) is 0 Å². The van der Waals surface area contributed by atoms with Gasteiger partial charge in [-0.2, -0.15) is 11.8 Å². The molecule has 1 saturated heterocycles. The van der Waals surface area contributed by atoms with Gasteiger partial charge in [0.2, 0.25) is 0 Å². The minimum absolute atomic E-state index is 0. The van der Waals surface area contributed by atoms with Crippen LogP contribution < -0.4 is 10.6 Å². The third-order valence-corrected chi connectivity index (χ3v) is 5.27. The van der Waals surface area contributed by atoms with Crippen molar-refractivity contribution in [1.82, 2.24) is 10.6 Å². The Morgan fingerprint density at radius 1 is 1.33 bits per heavy atom. The molecule has 0 saturated carbocycles. The molecule has 0 aromatic heterocycles. The monoisotopic (exact) mass is 463 g/mol. The highest BCUT2D eigenvalue weighted by Gasteiger charge is 2.15. The van der Waals surface area contributed by atoms with Crippen LogP contribution >= 0.6 is 35.7 Å². The number of aliphatic imine (C=N–C) groups is 1. The summed E-state index contributed by atoms with van der Waals surface area (Å²) in [5, 5.41) is 7.55. The highest BCUT2D eigenvalue weighted by Crippen LogP contribution is 2.25. The molecule has 1 fully saturated rings. The molecule has 0 aliphatic carbocycles. The zero-order chi connectivity index (χ0) is 16.3. The molecule has 1 aromatic rings. The number of nitrogens with one attached hydrogen (secondary N) is 2. The first-order chi connectivity index (χ1) is 11.3. The quantitative estimate of drug-likeness (QED) is 0.352. The Morgan fingerprint density at radius 3 is 2.79 bits per heavy atom. The standard InChI is InChI=1S/C18H29N3OS.HI/c1-15(13-22-14-16-7-4-3-5-8-16)11-20-18(19-2)21-12-17-9-6-10-23-17;/h3-5,7-8,15,17H,6,9-14H2,1-2H3,(H2,19,20,21);1H. The Labute approximate surface area is 167 Å². The lowest BCUT2D eigenvalue weighted by Gasteiger charge is -2.17. The van der Waals surface area contributed by atoms with Crippen LogP contribution in [0.3, 0.4) is 0 Å². The van der Waals surface area contributed by atoms with Crippen LogP contribution in [0.2, 0.25) is 0 Å². The van der Waals surface area contributed by atoms with Gasteiger partial charge in [0.1, 0.15) is 0 Å². The Hall–Kier alpha value is -0.470. The van der Waals surface area contributed by atoms with Crippen molar-refractivity contribution in [1.29, 1.82) is 0 Å². The van der Waals surface area contributed by atoms with Crippen LogP contribution in [-0.2, 0) is 11.3 Å². The molecule has 0 amide bonds. The molecule has 0 spiro atoms. The van der Waals surface area contributed by atoms with Crippen molar-refractivity contribution >= 4 is 41.7 Å². The molecule has 1 aliphatic heterocycles. The van der Waals surface area contributed by atoms with Crippen molar-refractivity contribution in [2.24, 2.45) is 10.9 Å². The van der Waals surface area contributed by atoms with E-state index in [0.29, 0.717) is 12.5 Å². The van der Waals surface area contributed by atoms with Crippen LogP contribution in [0.25, 0.3) is 0 Å². The van der Waals surface area contributed by atoms with Crippen LogP contribution in [-0.4, -0.2) is 43.7 Å². The summed E-state index contributed by atoms with van der Waals surface area (Å²) in [4.78, 5) is 4.29. The molecule has 2 rings (SSSR count). The molecule has 6 heteroatoms. The van der Waals surface area contributed by atoms with E-state index in [0.717, 1.165) is 30.9 Å². The molecule has 1 heterocycles. The summed E-state index contributed by atoms with van der Waals surface area (Å²) in [6, 6.07) is 10.3. The van der Waals surface area contributed by atoms with Crippen LogP contribution in [0.15, 0.2) is 35.3 Å². The van der Waals surface area contributed by atoms with Crippen molar-refractivity contribution in [3.63, 3.8) is 0 Å². The number of hydrogen-bond donors (Lipinski definition) is 2. The lowest BCUT2D eigenvalue weighted by atomic mass is 10.2. The molecule has 4 nitrogen and oxygen atoms in total. The van der Waals surface area contributed by atoms with E-state index in [2.05, 4.69) is 46.4 Å². The van der Waals surface area contributed by atoms with E-state index in [1.165, 1.54) is 24.2 Å². The van der Waals surface area contributed by atoms with Crippen LogP contribution in [0.5, 0.6) is 0 Å². The Balaban J connectivity index is 0.00000288. The maximum absolute atomic E-state index is 5.79. The molecule has 136 valence electrons. The molecule has 2 unspecified atom stereocenters. The van der Waals surface area contributed by atoms with Crippen molar-refractivity contribution in [3.8, 4) is 0 Å². The highest BCUT2D eigenvalue weighted by molar-refractivity contribution is 14.0. The van der Waals surface area contributed by atoms with Gasteiger partial charge in [0.05, 0.1) is 13.2 Å². The fourth-order valence-electron chi connectivity index (χ4n) is 2.52. The lowest BCUT2D eigenvalue weighted by molar-refractivity contribution is 0.0931. The summed E-state index contributed by atoms with van der Waals surface area (Å²) in [6.07, 6.45) is 2.66. The van der Waals surface area contributed by atoms with Gasteiger partial charge in [-0.3, -0.25) is 4.99 Å². The summed E-state index contributed by atoms with van der Waals surface area (Å²) in [7, 11) is 1.83. The summed E-state index contributed by atoms with van der Waals surface area (Å²) in [5.41, 5.74) is 1.22. The predicted molar refractivity (Wildman–Crippen MR) is 116 cm³/mol. The number of guanidine groups is 1. The largest absolute Gasteiger partial charge is 0.376 e. The summed E-state index contributed by atoms with van der Waals surface area (Å²) >= 11 is 2.06. The van der Waals surface area contributed by atoms with Gasteiger partial charge >= 0.3 is 0 Å². The average molecular weight is 463 g/mol. The maximum Gasteiger partial charge on any atom is 0.191 e. The fourth-order valence-corrected chi connectivity index (χ4v) is 3.72. The zero-order valence-corrected chi connectivity index (χ0v) is 17.8. The number of thioether (sulfide) groups is 1. The zero-order valence-electron chi connectivity index (χ0n) is 14.7. The van der Waals surface area contributed by atoms with Gasteiger partial charge in [-0.1, -0.05) is 37.3 Å². The molecule has 0 bridgehead atoms. The average Bonchev–Trinajstić information content (AvgIpc) is 3.09. The van der Waals surface area contributed by atoms with Gasteiger partial charge in [0.25, 0.3) is 0 Å². The second kappa shape index (κ2) is 12.8. The molecule has 0 radical (unpaired) electrons. The number of nitrogens with zero attached hydrogens (tertiary/aromatic N) is 1. The van der Waals surface area contributed by atoms with Gasteiger partial charge in [0.15, 0.2) is 5.96 Å². The number of halogens is 1.